The van der Waals surface area contributed by atoms with Crippen molar-refractivity contribution in [1.29, 1.82) is 0 Å². The minimum absolute atomic E-state index is 0.0668. The molecular weight excluding hydrogens is 424 g/mol. The first-order chi connectivity index (χ1) is 13.5. The molecule has 11 heteroatoms. The van der Waals surface area contributed by atoms with Gasteiger partial charge in [0.1, 0.15) is 4.90 Å². The third-order valence-corrected chi connectivity index (χ3v) is 7.22. The number of thiocarbonyl (C=S) groups is 1. The van der Waals surface area contributed by atoms with Crippen molar-refractivity contribution in [3.05, 3.63) is 23.2 Å². The molecule has 0 spiro atoms. The number of anilines is 1. The molecule has 0 aromatic heterocycles. The quantitative estimate of drug-likeness (QED) is 0.623. The third-order valence-electron chi connectivity index (χ3n) is 4.59. The lowest BCUT2D eigenvalue weighted by molar-refractivity contribution is 0.0389. The lowest BCUT2D eigenvalue weighted by Crippen LogP contribution is -2.42. The average Bonchev–Trinajstić information content (AvgIpc) is 2.71. The van der Waals surface area contributed by atoms with Crippen LogP contribution < -0.4 is 10.6 Å². The summed E-state index contributed by atoms with van der Waals surface area (Å²) >= 11 is 11.5. The summed E-state index contributed by atoms with van der Waals surface area (Å²) in [5.74, 6) is 0. The molecule has 2 fully saturated rings. The van der Waals surface area contributed by atoms with E-state index in [2.05, 4.69) is 15.5 Å². The summed E-state index contributed by atoms with van der Waals surface area (Å²) in [5.41, 5.74) is 0.570. The Morgan fingerprint density at radius 3 is 2.43 bits per heavy atom. The highest BCUT2D eigenvalue weighted by Crippen LogP contribution is 2.28. The lowest BCUT2D eigenvalue weighted by Gasteiger charge is -2.27. The molecule has 2 N–H and O–H groups in total. The van der Waals surface area contributed by atoms with Gasteiger partial charge >= 0.3 is 0 Å². The highest BCUT2D eigenvalue weighted by atomic mass is 35.5. The smallest absolute Gasteiger partial charge is 0.244 e. The van der Waals surface area contributed by atoms with Gasteiger partial charge in [-0.3, -0.25) is 4.90 Å². The summed E-state index contributed by atoms with van der Waals surface area (Å²) in [7, 11) is -3.68. The molecule has 2 aliphatic rings. The summed E-state index contributed by atoms with van der Waals surface area (Å²) in [4.78, 5) is 2.37. The number of morpholine rings is 2. The fraction of sp³-hybridized carbons (Fsp3) is 0.588. The topological polar surface area (TPSA) is 83.1 Å². The largest absolute Gasteiger partial charge is 0.379 e. The van der Waals surface area contributed by atoms with E-state index in [4.69, 9.17) is 33.3 Å². The maximum atomic E-state index is 12.9. The molecule has 1 aromatic carbocycles. The first kappa shape index (κ1) is 21.7. The standard InChI is InChI=1S/C17H25ClN4O4S2/c18-15-2-1-14(13-16(15)28(23,24)22-7-11-26-12-8-22)20-17(27)19-3-4-21-5-9-25-10-6-21/h1-2,13H,3-12H2,(H2,19,20,27). The van der Waals surface area contributed by atoms with Crippen molar-refractivity contribution in [2.45, 2.75) is 4.90 Å². The van der Waals surface area contributed by atoms with Crippen LogP contribution in [0.2, 0.25) is 5.02 Å². The van der Waals surface area contributed by atoms with Gasteiger partial charge < -0.3 is 20.1 Å². The Morgan fingerprint density at radius 2 is 1.75 bits per heavy atom. The van der Waals surface area contributed by atoms with Crippen LogP contribution in [0.3, 0.4) is 0 Å². The molecule has 156 valence electrons. The molecule has 0 amide bonds. The van der Waals surface area contributed by atoms with Crippen LogP contribution in [-0.2, 0) is 19.5 Å². The Bertz CT molecular complexity index is 781. The van der Waals surface area contributed by atoms with Crippen LogP contribution in [0.1, 0.15) is 0 Å². The van der Waals surface area contributed by atoms with Gasteiger partial charge in [0.2, 0.25) is 10.0 Å². The minimum atomic E-state index is -3.68. The molecule has 0 unspecified atom stereocenters. The Morgan fingerprint density at radius 1 is 1.11 bits per heavy atom. The predicted molar refractivity (Wildman–Crippen MR) is 113 cm³/mol. The second-order valence-electron chi connectivity index (χ2n) is 6.50. The van der Waals surface area contributed by atoms with Crippen molar-refractivity contribution in [2.24, 2.45) is 0 Å². The van der Waals surface area contributed by atoms with Gasteiger partial charge in [0.05, 0.1) is 31.5 Å². The monoisotopic (exact) mass is 448 g/mol. The van der Waals surface area contributed by atoms with Gasteiger partial charge in [-0.1, -0.05) is 11.6 Å². The zero-order valence-electron chi connectivity index (χ0n) is 15.5. The fourth-order valence-corrected chi connectivity index (χ4v) is 5.16. The van der Waals surface area contributed by atoms with Crippen LogP contribution in [0.4, 0.5) is 5.69 Å². The van der Waals surface area contributed by atoms with Gasteiger partial charge in [-0.05, 0) is 30.4 Å². The summed E-state index contributed by atoms with van der Waals surface area (Å²) in [5, 5.41) is 6.80. The van der Waals surface area contributed by atoms with Crippen LogP contribution in [0.25, 0.3) is 0 Å². The Hall–Kier alpha value is -1.01. The van der Waals surface area contributed by atoms with E-state index in [1.54, 1.807) is 12.1 Å². The maximum Gasteiger partial charge on any atom is 0.244 e. The van der Waals surface area contributed by atoms with Crippen molar-refractivity contribution in [3.8, 4) is 0 Å². The molecule has 3 rings (SSSR count). The van der Waals surface area contributed by atoms with Gasteiger partial charge in [0, 0.05) is 45.0 Å². The molecule has 0 saturated carbocycles. The number of rotatable bonds is 6. The molecule has 0 bridgehead atoms. The van der Waals surface area contributed by atoms with Crippen molar-refractivity contribution in [2.75, 3.05) is 71.0 Å². The Kier molecular flexibility index (Phi) is 7.86. The van der Waals surface area contributed by atoms with Crippen LogP contribution in [-0.4, -0.2) is 88.4 Å². The normalized spacial score (nSPS) is 19.3. The lowest BCUT2D eigenvalue weighted by atomic mass is 10.3. The zero-order valence-corrected chi connectivity index (χ0v) is 17.9. The van der Waals surface area contributed by atoms with Crippen LogP contribution in [0.15, 0.2) is 23.1 Å². The van der Waals surface area contributed by atoms with E-state index in [1.165, 1.54) is 10.4 Å². The minimum Gasteiger partial charge on any atom is -0.379 e. The first-order valence-electron chi connectivity index (χ1n) is 9.19. The van der Waals surface area contributed by atoms with E-state index in [0.717, 1.165) is 32.8 Å². The van der Waals surface area contributed by atoms with Gasteiger partial charge in [0.15, 0.2) is 5.11 Å². The molecular formula is C17H25ClN4O4S2. The number of nitrogens with one attached hydrogen (secondary N) is 2. The van der Waals surface area contributed by atoms with Gasteiger partial charge in [-0.15, -0.1) is 0 Å². The summed E-state index contributed by atoms with van der Waals surface area (Å²) < 4.78 is 37.7. The zero-order chi connectivity index (χ0) is 20.0. The van der Waals surface area contributed by atoms with E-state index in [0.29, 0.717) is 43.6 Å². The van der Waals surface area contributed by atoms with E-state index in [9.17, 15) is 8.42 Å². The number of hydrogen-bond donors (Lipinski definition) is 2. The number of benzene rings is 1. The number of halogens is 1. The van der Waals surface area contributed by atoms with Crippen molar-refractivity contribution in [1.82, 2.24) is 14.5 Å². The highest BCUT2D eigenvalue weighted by Gasteiger charge is 2.28. The van der Waals surface area contributed by atoms with Crippen molar-refractivity contribution < 1.29 is 17.9 Å². The van der Waals surface area contributed by atoms with Crippen LogP contribution >= 0.6 is 23.8 Å². The molecule has 2 aliphatic heterocycles. The molecule has 2 heterocycles. The molecule has 1 aromatic rings. The predicted octanol–water partition coefficient (Wildman–Crippen LogP) is 0.980. The number of ether oxygens (including phenoxy) is 2. The summed E-state index contributed by atoms with van der Waals surface area (Å²) in [6.07, 6.45) is 0. The molecule has 8 nitrogen and oxygen atoms in total. The average molecular weight is 449 g/mol. The van der Waals surface area contributed by atoms with Crippen LogP contribution in [0.5, 0.6) is 0 Å². The second kappa shape index (κ2) is 10.1. The van der Waals surface area contributed by atoms with E-state index in [-0.39, 0.29) is 9.92 Å². The SMILES string of the molecule is O=S(=O)(c1cc(NC(=S)NCCN2CCOCC2)ccc1Cl)N1CCOCC1. The van der Waals surface area contributed by atoms with E-state index in [1.807, 2.05) is 0 Å². The summed E-state index contributed by atoms with van der Waals surface area (Å²) in [6, 6.07) is 4.78. The molecule has 28 heavy (non-hydrogen) atoms. The van der Waals surface area contributed by atoms with Crippen LogP contribution in [0, 0.1) is 0 Å². The van der Waals surface area contributed by atoms with Gasteiger partial charge in [-0.2, -0.15) is 4.31 Å². The van der Waals surface area contributed by atoms with Gasteiger partial charge in [0.25, 0.3) is 0 Å². The van der Waals surface area contributed by atoms with E-state index < -0.39 is 10.0 Å². The van der Waals surface area contributed by atoms with Crippen molar-refractivity contribution >= 4 is 44.6 Å². The molecule has 0 radical (unpaired) electrons. The summed E-state index contributed by atoms with van der Waals surface area (Å²) in [6.45, 7) is 6.31. The molecule has 0 aliphatic carbocycles. The molecule has 0 atom stereocenters. The fourth-order valence-electron chi connectivity index (χ4n) is 3.03. The number of hydrogen-bond acceptors (Lipinski definition) is 6. The highest BCUT2D eigenvalue weighted by molar-refractivity contribution is 7.89. The van der Waals surface area contributed by atoms with Crippen molar-refractivity contribution in [3.63, 3.8) is 0 Å². The Labute approximate surface area is 176 Å². The maximum absolute atomic E-state index is 12.9. The van der Waals surface area contributed by atoms with Gasteiger partial charge in [-0.25, -0.2) is 8.42 Å². The molecule has 2 saturated heterocycles. The number of nitrogens with zero attached hydrogens (tertiary/aromatic N) is 2. The second-order valence-corrected chi connectivity index (χ2v) is 9.22. The number of sulfonamides is 1. The third kappa shape index (κ3) is 5.76. The van der Waals surface area contributed by atoms with E-state index >= 15 is 0 Å². The Balaban J connectivity index is 1.58. The first-order valence-corrected chi connectivity index (χ1v) is 11.4.